The normalized spacial score (nSPS) is 11.6. The molecule has 0 aliphatic carbocycles. The highest BCUT2D eigenvalue weighted by Crippen LogP contribution is 2.03. The summed E-state index contributed by atoms with van der Waals surface area (Å²) in [7, 11) is 3.96. The Morgan fingerprint density at radius 1 is 1.38 bits per heavy atom. The van der Waals surface area contributed by atoms with Gasteiger partial charge in [0.2, 0.25) is 0 Å². The van der Waals surface area contributed by atoms with Crippen molar-refractivity contribution in [3.05, 3.63) is 35.4 Å². The lowest BCUT2D eigenvalue weighted by atomic mass is 10.1. The molecule has 0 aliphatic rings. The van der Waals surface area contributed by atoms with E-state index in [1.54, 1.807) is 6.07 Å². The van der Waals surface area contributed by atoms with Crippen LogP contribution in [-0.2, 0) is 4.74 Å². The minimum atomic E-state index is -0.196. The van der Waals surface area contributed by atoms with Crippen LogP contribution in [0.2, 0.25) is 0 Å². The lowest BCUT2D eigenvalue weighted by Gasteiger charge is -2.11. The Hall–Kier alpha value is -1.88. The molecular formula is C16H25N3O2. The molecule has 0 saturated heterocycles. The Bertz CT molecular complexity index is 484. The van der Waals surface area contributed by atoms with Gasteiger partial charge < -0.3 is 9.64 Å². The molecule has 0 aromatic heterocycles. The van der Waals surface area contributed by atoms with Crippen molar-refractivity contribution in [2.75, 3.05) is 33.8 Å². The zero-order chi connectivity index (χ0) is 15.7. The highest BCUT2D eigenvalue weighted by molar-refractivity contribution is 6.04. The molecule has 0 atom stereocenters. The van der Waals surface area contributed by atoms with Gasteiger partial charge in [-0.05, 0) is 39.6 Å². The first-order valence-electron chi connectivity index (χ1n) is 7.23. The van der Waals surface area contributed by atoms with Gasteiger partial charge in [-0.25, -0.2) is 4.99 Å². The van der Waals surface area contributed by atoms with Crippen molar-refractivity contribution in [2.45, 2.75) is 20.3 Å². The van der Waals surface area contributed by atoms with E-state index >= 15 is 0 Å². The summed E-state index contributed by atoms with van der Waals surface area (Å²) in [4.78, 5) is 18.5. The first-order valence-corrected chi connectivity index (χ1v) is 7.23. The zero-order valence-electron chi connectivity index (χ0n) is 13.3. The van der Waals surface area contributed by atoms with Crippen LogP contribution in [0, 0.1) is 6.92 Å². The summed E-state index contributed by atoms with van der Waals surface area (Å²) in [5.74, 6) is -0.196. The number of benzene rings is 1. The van der Waals surface area contributed by atoms with E-state index < -0.39 is 0 Å². The topological polar surface area (TPSA) is 53.9 Å². The van der Waals surface area contributed by atoms with Crippen LogP contribution in [0.3, 0.4) is 0 Å². The highest BCUT2D eigenvalue weighted by Gasteiger charge is 2.09. The number of ether oxygens (including phenoxy) is 1. The maximum absolute atomic E-state index is 12.2. The van der Waals surface area contributed by atoms with E-state index in [4.69, 9.17) is 4.74 Å². The summed E-state index contributed by atoms with van der Waals surface area (Å²) in [6, 6.07) is 7.73. The van der Waals surface area contributed by atoms with Crippen molar-refractivity contribution in [1.29, 1.82) is 0 Å². The Morgan fingerprint density at radius 2 is 2.14 bits per heavy atom. The Balaban J connectivity index is 2.68. The summed E-state index contributed by atoms with van der Waals surface area (Å²) in [6.45, 7) is 5.89. The molecule has 1 N–H and O–H groups in total. The van der Waals surface area contributed by atoms with Crippen LogP contribution in [-0.4, -0.2) is 50.6 Å². The third kappa shape index (κ3) is 6.90. The predicted octanol–water partition coefficient (Wildman–Crippen LogP) is 2.07. The van der Waals surface area contributed by atoms with Crippen LogP contribution in [0.15, 0.2) is 29.3 Å². The molecular weight excluding hydrogens is 266 g/mol. The summed E-state index contributed by atoms with van der Waals surface area (Å²) in [5, 5.41) is 2.74. The maximum Gasteiger partial charge on any atom is 0.291 e. The van der Waals surface area contributed by atoms with Gasteiger partial charge in [-0.3, -0.25) is 10.1 Å². The van der Waals surface area contributed by atoms with Gasteiger partial charge in [0.1, 0.15) is 0 Å². The average Bonchev–Trinajstić information content (AvgIpc) is 2.44. The molecule has 5 nitrogen and oxygen atoms in total. The number of nitrogens with zero attached hydrogens (tertiary/aromatic N) is 2. The fourth-order valence-corrected chi connectivity index (χ4v) is 1.63. The van der Waals surface area contributed by atoms with Crippen molar-refractivity contribution in [2.24, 2.45) is 4.99 Å². The van der Waals surface area contributed by atoms with Crippen LogP contribution < -0.4 is 5.32 Å². The third-order valence-corrected chi connectivity index (χ3v) is 2.75. The molecule has 1 aromatic rings. The zero-order valence-corrected chi connectivity index (χ0v) is 13.3. The number of aliphatic imine (C=N–C) groups is 1. The van der Waals surface area contributed by atoms with Gasteiger partial charge in [-0.2, -0.15) is 0 Å². The minimum absolute atomic E-state index is 0.196. The van der Waals surface area contributed by atoms with E-state index in [2.05, 4.69) is 10.3 Å². The summed E-state index contributed by atoms with van der Waals surface area (Å²) in [5.41, 5.74) is 1.65. The fraction of sp³-hybridized carbons (Fsp3) is 0.500. The molecule has 0 aliphatic heterocycles. The predicted molar refractivity (Wildman–Crippen MR) is 85.7 cm³/mol. The van der Waals surface area contributed by atoms with Gasteiger partial charge in [0, 0.05) is 12.1 Å². The van der Waals surface area contributed by atoms with Gasteiger partial charge in [0.15, 0.2) is 0 Å². The molecule has 116 valence electrons. The van der Waals surface area contributed by atoms with Crippen molar-refractivity contribution in [3.63, 3.8) is 0 Å². The van der Waals surface area contributed by atoms with Gasteiger partial charge >= 0.3 is 0 Å². The third-order valence-electron chi connectivity index (χ3n) is 2.75. The molecule has 1 rings (SSSR count). The highest BCUT2D eigenvalue weighted by atomic mass is 16.5. The number of carbonyl (C=O) groups is 1. The second-order valence-corrected chi connectivity index (χ2v) is 5.16. The molecule has 1 aromatic carbocycles. The molecule has 0 unspecified atom stereocenters. The molecule has 1 amide bonds. The number of hydrogen-bond donors (Lipinski definition) is 1. The summed E-state index contributed by atoms with van der Waals surface area (Å²) in [6.07, 6.45) is 0.868. The number of amidine groups is 1. The van der Waals surface area contributed by atoms with Crippen LogP contribution in [0.25, 0.3) is 0 Å². The maximum atomic E-state index is 12.2. The number of likely N-dealkylation sites (N-methyl/N-ethyl adjacent to an activating group) is 1. The monoisotopic (exact) mass is 291 g/mol. The smallest absolute Gasteiger partial charge is 0.291 e. The number of aryl methyl sites for hydroxylation is 1. The summed E-state index contributed by atoms with van der Waals surface area (Å²) >= 11 is 0. The number of carbonyl (C=O) groups excluding carboxylic acids is 1. The summed E-state index contributed by atoms with van der Waals surface area (Å²) < 4.78 is 5.50. The van der Waals surface area contributed by atoms with Crippen molar-refractivity contribution in [1.82, 2.24) is 10.2 Å². The van der Waals surface area contributed by atoms with E-state index in [9.17, 15) is 4.79 Å². The SMILES string of the molecule is CCCOC(=NCCN(C)C)NC(=O)c1cccc(C)c1. The molecule has 0 heterocycles. The molecule has 0 spiro atoms. The number of rotatable bonds is 6. The number of amides is 1. The van der Waals surface area contributed by atoms with Gasteiger partial charge in [-0.15, -0.1) is 0 Å². The number of nitrogens with one attached hydrogen (secondary N) is 1. The van der Waals surface area contributed by atoms with E-state index in [1.807, 2.05) is 51.0 Å². The van der Waals surface area contributed by atoms with Crippen molar-refractivity contribution >= 4 is 11.9 Å². The Labute approximate surface area is 127 Å². The molecule has 0 radical (unpaired) electrons. The van der Waals surface area contributed by atoms with Crippen LogP contribution >= 0.6 is 0 Å². The molecule has 0 saturated carbocycles. The number of hydrogen-bond acceptors (Lipinski definition) is 4. The van der Waals surface area contributed by atoms with Gasteiger partial charge in [-0.1, -0.05) is 24.6 Å². The van der Waals surface area contributed by atoms with Crippen molar-refractivity contribution in [3.8, 4) is 0 Å². The van der Waals surface area contributed by atoms with E-state index in [0.29, 0.717) is 24.7 Å². The van der Waals surface area contributed by atoms with Crippen LogP contribution in [0.5, 0.6) is 0 Å². The lowest BCUT2D eigenvalue weighted by Crippen LogP contribution is -2.33. The van der Waals surface area contributed by atoms with Gasteiger partial charge in [0.25, 0.3) is 11.9 Å². The van der Waals surface area contributed by atoms with E-state index in [0.717, 1.165) is 18.5 Å². The fourth-order valence-electron chi connectivity index (χ4n) is 1.63. The Morgan fingerprint density at radius 3 is 2.76 bits per heavy atom. The molecule has 21 heavy (non-hydrogen) atoms. The second-order valence-electron chi connectivity index (χ2n) is 5.16. The van der Waals surface area contributed by atoms with Crippen LogP contribution in [0.4, 0.5) is 0 Å². The minimum Gasteiger partial charge on any atom is -0.465 e. The van der Waals surface area contributed by atoms with Gasteiger partial charge in [0.05, 0.1) is 13.2 Å². The quantitative estimate of drug-likeness (QED) is 0.645. The largest absolute Gasteiger partial charge is 0.465 e. The molecule has 0 bridgehead atoms. The lowest BCUT2D eigenvalue weighted by molar-refractivity contribution is 0.0965. The molecule has 0 fully saturated rings. The van der Waals surface area contributed by atoms with E-state index in [1.165, 1.54) is 0 Å². The van der Waals surface area contributed by atoms with Crippen LogP contribution in [0.1, 0.15) is 29.3 Å². The van der Waals surface area contributed by atoms with Crippen molar-refractivity contribution < 1.29 is 9.53 Å². The molecule has 5 heteroatoms. The van der Waals surface area contributed by atoms with E-state index in [-0.39, 0.29) is 5.91 Å². The standard InChI is InChI=1S/C16H25N3O2/c1-5-11-21-16(17-9-10-19(3)4)18-15(20)14-8-6-7-13(2)12-14/h6-8,12H,5,9-11H2,1-4H3,(H,17,18,20). The first-order chi connectivity index (χ1) is 10.0. The average molecular weight is 291 g/mol. The second kappa shape index (κ2) is 9.13. The Kier molecular flexibility index (Phi) is 7.46. The first kappa shape index (κ1) is 17.2.